The number of carbonyl (C=O) groups is 1. The summed E-state index contributed by atoms with van der Waals surface area (Å²) in [6.45, 7) is 0.491. The van der Waals surface area contributed by atoms with Gasteiger partial charge in [0.05, 0.1) is 13.5 Å². The Labute approximate surface area is 124 Å². The Morgan fingerprint density at radius 1 is 1.10 bits per heavy atom. The van der Waals surface area contributed by atoms with Crippen molar-refractivity contribution in [2.24, 2.45) is 5.73 Å². The van der Waals surface area contributed by atoms with Crippen LogP contribution in [0, 0.1) is 0 Å². The molecule has 2 rings (SSSR count). The second-order valence-corrected chi connectivity index (χ2v) is 4.65. The lowest BCUT2D eigenvalue weighted by molar-refractivity contribution is -0.142. The molecule has 0 aliphatic carbocycles. The van der Waals surface area contributed by atoms with Crippen LogP contribution in [0.25, 0.3) is 0 Å². The fraction of sp³-hybridized carbons (Fsp3) is 0.235. The molecule has 0 amide bonds. The smallest absolute Gasteiger partial charge is 0.309 e. The highest BCUT2D eigenvalue weighted by atomic mass is 16.5. The Balaban J connectivity index is 2.16. The molecular weight excluding hydrogens is 266 g/mol. The summed E-state index contributed by atoms with van der Waals surface area (Å²) in [4.78, 5) is 11.6. The molecule has 0 bridgehead atoms. The van der Waals surface area contributed by atoms with Gasteiger partial charge in [-0.15, -0.1) is 0 Å². The van der Waals surface area contributed by atoms with Gasteiger partial charge < -0.3 is 15.2 Å². The molecule has 21 heavy (non-hydrogen) atoms. The third-order valence-electron chi connectivity index (χ3n) is 3.19. The van der Waals surface area contributed by atoms with Crippen molar-refractivity contribution in [2.45, 2.75) is 19.1 Å². The van der Waals surface area contributed by atoms with Crippen molar-refractivity contribution in [3.05, 3.63) is 65.7 Å². The van der Waals surface area contributed by atoms with E-state index in [4.69, 9.17) is 15.2 Å². The summed E-state index contributed by atoms with van der Waals surface area (Å²) in [5.41, 5.74) is 7.54. The molecule has 4 nitrogen and oxygen atoms in total. The number of hydrogen-bond acceptors (Lipinski definition) is 4. The molecule has 1 unspecified atom stereocenters. The van der Waals surface area contributed by atoms with E-state index in [-0.39, 0.29) is 18.5 Å². The lowest BCUT2D eigenvalue weighted by Crippen LogP contribution is -2.14. The molecular formula is C17H19NO3. The van der Waals surface area contributed by atoms with Gasteiger partial charge >= 0.3 is 5.97 Å². The van der Waals surface area contributed by atoms with E-state index in [1.807, 2.05) is 54.6 Å². The van der Waals surface area contributed by atoms with Gasteiger partial charge in [-0.05, 0) is 23.3 Å². The predicted octanol–water partition coefficient (Wildman–Crippen LogP) is 2.83. The number of rotatable bonds is 6. The van der Waals surface area contributed by atoms with E-state index in [1.165, 1.54) is 7.11 Å². The van der Waals surface area contributed by atoms with E-state index < -0.39 is 0 Å². The molecule has 0 radical (unpaired) electrons. The quantitative estimate of drug-likeness (QED) is 0.829. The summed E-state index contributed by atoms with van der Waals surface area (Å²) < 4.78 is 10.7. The maximum atomic E-state index is 11.6. The molecule has 4 heteroatoms. The lowest BCUT2D eigenvalue weighted by Gasteiger charge is -2.18. The van der Waals surface area contributed by atoms with Crippen LogP contribution in [-0.2, 0) is 16.1 Å². The predicted molar refractivity (Wildman–Crippen MR) is 80.8 cm³/mol. The molecule has 0 fully saturated rings. The van der Waals surface area contributed by atoms with Crippen molar-refractivity contribution in [2.75, 3.05) is 7.11 Å². The number of methoxy groups -OCH3 is 1. The van der Waals surface area contributed by atoms with Gasteiger partial charge in [0, 0.05) is 6.54 Å². The highest BCUT2D eigenvalue weighted by Gasteiger charge is 2.18. The van der Waals surface area contributed by atoms with Gasteiger partial charge in [-0.25, -0.2) is 0 Å². The summed E-state index contributed by atoms with van der Waals surface area (Å²) in [5.74, 6) is 0.396. The first-order valence-corrected chi connectivity index (χ1v) is 6.80. The van der Waals surface area contributed by atoms with Crippen LogP contribution in [0.4, 0.5) is 0 Å². The molecule has 110 valence electrons. The van der Waals surface area contributed by atoms with Gasteiger partial charge in [-0.1, -0.05) is 42.5 Å². The second-order valence-electron chi connectivity index (χ2n) is 4.65. The first-order valence-electron chi connectivity index (χ1n) is 6.80. The van der Waals surface area contributed by atoms with Gasteiger partial charge in [0.1, 0.15) is 11.9 Å². The summed E-state index contributed by atoms with van der Waals surface area (Å²) in [5, 5.41) is 0. The topological polar surface area (TPSA) is 61.5 Å². The first-order chi connectivity index (χ1) is 10.2. The number of carbonyl (C=O) groups excluding carboxylic acids is 1. The van der Waals surface area contributed by atoms with Crippen LogP contribution in [0.3, 0.4) is 0 Å². The minimum absolute atomic E-state index is 0.166. The zero-order chi connectivity index (χ0) is 15.1. The molecule has 0 heterocycles. The van der Waals surface area contributed by atoms with Crippen LogP contribution in [0.5, 0.6) is 5.75 Å². The summed E-state index contributed by atoms with van der Waals surface area (Å²) >= 11 is 0. The minimum atomic E-state index is -0.373. The van der Waals surface area contributed by atoms with Gasteiger partial charge in [0.25, 0.3) is 0 Å². The highest BCUT2D eigenvalue weighted by molar-refractivity contribution is 5.70. The van der Waals surface area contributed by atoms with Crippen LogP contribution >= 0.6 is 0 Å². The van der Waals surface area contributed by atoms with E-state index in [0.717, 1.165) is 11.1 Å². The molecule has 2 aromatic rings. The molecule has 2 N–H and O–H groups in total. The second kappa shape index (κ2) is 7.45. The zero-order valence-corrected chi connectivity index (χ0v) is 12.0. The Morgan fingerprint density at radius 3 is 2.33 bits per heavy atom. The third-order valence-corrected chi connectivity index (χ3v) is 3.19. The Kier molecular flexibility index (Phi) is 5.35. The monoisotopic (exact) mass is 285 g/mol. The SMILES string of the molecule is COC(=O)CC(Oc1ccc(CN)cc1)c1ccccc1. The van der Waals surface area contributed by atoms with E-state index >= 15 is 0 Å². The van der Waals surface area contributed by atoms with Crippen LogP contribution in [0.2, 0.25) is 0 Å². The van der Waals surface area contributed by atoms with Crippen molar-refractivity contribution in [3.8, 4) is 5.75 Å². The van der Waals surface area contributed by atoms with Crippen LogP contribution in [-0.4, -0.2) is 13.1 Å². The molecule has 0 aliphatic heterocycles. The van der Waals surface area contributed by atoms with Gasteiger partial charge in [0.15, 0.2) is 0 Å². The van der Waals surface area contributed by atoms with Gasteiger partial charge in [-0.2, -0.15) is 0 Å². The standard InChI is InChI=1S/C17H19NO3/c1-20-17(19)11-16(14-5-3-2-4-6-14)21-15-9-7-13(12-18)8-10-15/h2-10,16H,11-12,18H2,1H3. The molecule has 0 saturated carbocycles. The zero-order valence-electron chi connectivity index (χ0n) is 12.0. The van der Waals surface area contributed by atoms with Gasteiger partial charge in [-0.3, -0.25) is 4.79 Å². The van der Waals surface area contributed by atoms with E-state index in [9.17, 15) is 4.79 Å². The largest absolute Gasteiger partial charge is 0.485 e. The fourth-order valence-corrected chi connectivity index (χ4v) is 2.00. The normalized spacial score (nSPS) is 11.7. The molecule has 0 saturated heterocycles. The maximum Gasteiger partial charge on any atom is 0.309 e. The highest BCUT2D eigenvalue weighted by Crippen LogP contribution is 2.25. The number of ether oxygens (including phenoxy) is 2. The average molecular weight is 285 g/mol. The van der Waals surface area contributed by atoms with Crippen molar-refractivity contribution in [1.82, 2.24) is 0 Å². The summed E-state index contributed by atoms with van der Waals surface area (Å²) in [6, 6.07) is 17.2. The fourth-order valence-electron chi connectivity index (χ4n) is 2.00. The molecule has 1 atom stereocenters. The van der Waals surface area contributed by atoms with Crippen LogP contribution < -0.4 is 10.5 Å². The first kappa shape index (κ1) is 15.1. The molecule has 0 spiro atoms. The van der Waals surface area contributed by atoms with Crippen molar-refractivity contribution in [1.29, 1.82) is 0 Å². The van der Waals surface area contributed by atoms with E-state index in [1.54, 1.807) is 0 Å². The van der Waals surface area contributed by atoms with Crippen molar-refractivity contribution in [3.63, 3.8) is 0 Å². The number of esters is 1. The Morgan fingerprint density at radius 2 is 1.76 bits per heavy atom. The molecule has 2 aromatic carbocycles. The number of hydrogen-bond donors (Lipinski definition) is 1. The average Bonchev–Trinajstić information content (AvgIpc) is 2.55. The molecule has 0 aliphatic rings. The minimum Gasteiger partial charge on any atom is -0.485 e. The maximum absolute atomic E-state index is 11.6. The lowest BCUT2D eigenvalue weighted by atomic mass is 10.1. The van der Waals surface area contributed by atoms with Crippen molar-refractivity contribution >= 4 is 5.97 Å². The van der Waals surface area contributed by atoms with Crippen molar-refractivity contribution < 1.29 is 14.3 Å². The number of benzene rings is 2. The van der Waals surface area contributed by atoms with Crippen LogP contribution in [0.1, 0.15) is 23.7 Å². The number of nitrogens with two attached hydrogens (primary N) is 1. The summed E-state index contributed by atoms with van der Waals surface area (Å²) in [7, 11) is 1.38. The Hall–Kier alpha value is -2.33. The molecule has 0 aromatic heterocycles. The third kappa shape index (κ3) is 4.33. The Bertz CT molecular complexity index is 566. The van der Waals surface area contributed by atoms with E-state index in [0.29, 0.717) is 12.3 Å². The van der Waals surface area contributed by atoms with E-state index in [2.05, 4.69) is 0 Å². The van der Waals surface area contributed by atoms with Crippen LogP contribution in [0.15, 0.2) is 54.6 Å². The van der Waals surface area contributed by atoms with Gasteiger partial charge in [0.2, 0.25) is 0 Å². The summed E-state index contributed by atoms with van der Waals surface area (Å²) in [6.07, 6.45) is -0.207.